The van der Waals surface area contributed by atoms with Crippen molar-refractivity contribution < 1.29 is 9.84 Å². The minimum atomic E-state index is 0.151. The summed E-state index contributed by atoms with van der Waals surface area (Å²) in [6.45, 7) is 2.98. The molecule has 1 rings (SSSR count). The van der Waals surface area contributed by atoms with E-state index in [1.165, 1.54) is 0 Å². The van der Waals surface area contributed by atoms with Crippen LogP contribution in [-0.4, -0.2) is 18.8 Å². The fourth-order valence-electron chi connectivity index (χ4n) is 1.41. The molecule has 0 aliphatic carbocycles. The lowest BCUT2D eigenvalue weighted by Crippen LogP contribution is -2.09. The molecule has 0 heterocycles. The van der Waals surface area contributed by atoms with Gasteiger partial charge in [-0.25, -0.2) is 0 Å². The number of nitrogens with two attached hydrogens (primary N) is 1. The number of rotatable bonds is 4. The Morgan fingerprint density at radius 1 is 1.53 bits per heavy atom. The van der Waals surface area contributed by atoms with Crippen molar-refractivity contribution in [3.8, 4) is 5.75 Å². The van der Waals surface area contributed by atoms with E-state index >= 15 is 0 Å². The summed E-state index contributed by atoms with van der Waals surface area (Å²) < 4.78 is 5.97. The molecule has 0 spiro atoms. The summed E-state index contributed by atoms with van der Waals surface area (Å²) in [6, 6.07) is 3.62. The largest absolute Gasteiger partial charge is 0.508 e. The van der Waals surface area contributed by atoms with Gasteiger partial charge in [-0.3, -0.25) is 0 Å². The van der Waals surface area contributed by atoms with Crippen LogP contribution in [0, 0.1) is 0 Å². The molecule has 0 aromatic heterocycles. The molecule has 0 aliphatic rings. The maximum Gasteiger partial charge on any atom is 0.119 e. The first-order valence-electron chi connectivity index (χ1n) is 4.80. The van der Waals surface area contributed by atoms with E-state index in [-0.39, 0.29) is 11.7 Å². The van der Waals surface area contributed by atoms with E-state index in [1.54, 1.807) is 13.2 Å². The number of phenolic OH excluding ortho intramolecular Hbond substituents is 1. The van der Waals surface area contributed by atoms with Crippen LogP contribution in [0.2, 0.25) is 0 Å². The van der Waals surface area contributed by atoms with Crippen LogP contribution in [0.1, 0.15) is 24.0 Å². The van der Waals surface area contributed by atoms with Crippen molar-refractivity contribution in [1.82, 2.24) is 0 Å². The molecular formula is C11H16BrNO2. The summed E-state index contributed by atoms with van der Waals surface area (Å²) in [5.74, 6) is 0.432. The Hall–Kier alpha value is -0.580. The number of phenols is 1. The van der Waals surface area contributed by atoms with Crippen LogP contribution in [0.15, 0.2) is 16.6 Å². The van der Waals surface area contributed by atoms with Crippen molar-refractivity contribution >= 4 is 15.9 Å². The number of hydrogen-bond donors (Lipinski definition) is 2. The lowest BCUT2D eigenvalue weighted by molar-refractivity contribution is 0.184. The molecule has 3 N–H and O–H groups in total. The third kappa shape index (κ3) is 2.93. The highest BCUT2D eigenvalue weighted by atomic mass is 79.9. The molecule has 0 aliphatic heterocycles. The molecule has 0 fully saturated rings. The minimum Gasteiger partial charge on any atom is -0.508 e. The van der Waals surface area contributed by atoms with Crippen molar-refractivity contribution in [2.75, 3.05) is 13.7 Å². The second kappa shape index (κ2) is 5.49. The number of methoxy groups -OCH3 is 1. The van der Waals surface area contributed by atoms with Gasteiger partial charge < -0.3 is 15.6 Å². The van der Waals surface area contributed by atoms with Crippen LogP contribution in [0.3, 0.4) is 0 Å². The van der Waals surface area contributed by atoms with Gasteiger partial charge in [0.05, 0.1) is 6.61 Å². The molecule has 3 nitrogen and oxygen atoms in total. The van der Waals surface area contributed by atoms with E-state index in [9.17, 15) is 5.11 Å². The molecule has 0 radical (unpaired) electrons. The van der Waals surface area contributed by atoms with Crippen LogP contribution >= 0.6 is 15.9 Å². The van der Waals surface area contributed by atoms with Crippen LogP contribution in [0.25, 0.3) is 0 Å². The van der Waals surface area contributed by atoms with Gasteiger partial charge >= 0.3 is 0 Å². The standard InChI is InChI=1S/C11H16BrNO2/c1-7(5-13)9-4-10(12)8(6-15-2)3-11(9)14/h3-4,7,14H,5-6,13H2,1-2H3. The predicted octanol–water partition coefficient (Wildman–Crippen LogP) is 2.36. The van der Waals surface area contributed by atoms with E-state index in [2.05, 4.69) is 15.9 Å². The zero-order valence-electron chi connectivity index (χ0n) is 8.96. The smallest absolute Gasteiger partial charge is 0.119 e. The molecule has 15 heavy (non-hydrogen) atoms. The van der Waals surface area contributed by atoms with Crippen molar-refractivity contribution in [2.24, 2.45) is 5.73 Å². The Kier molecular flexibility index (Phi) is 4.57. The number of aromatic hydroxyl groups is 1. The maximum absolute atomic E-state index is 9.81. The first-order chi connectivity index (χ1) is 7.10. The first-order valence-corrected chi connectivity index (χ1v) is 5.59. The normalized spacial score (nSPS) is 12.8. The highest BCUT2D eigenvalue weighted by molar-refractivity contribution is 9.10. The molecule has 84 valence electrons. The van der Waals surface area contributed by atoms with Crippen LogP contribution in [0.5, 0.6) is 5.75 Å². The van der Waals surface area contributed by atoms with Crippen molar-refractivity contribution in [3.05, 3.63) is 27.7 Å². The Labute approximate surface area is 98.4 Å². The van der Waals surface area contributed by atoms with E-state index < -0.39 is 0 Å². The fraction of sp³-hybridized carbons (Fsp3) is 0.455. The summed E-state index contributed by atoms with van der Waals surface area (Å²) in [7, 11) is 1.62. The average molecular weight is 274 g/mol. The van der Waals surface area contributed by atoms with Crippen LogP contribution < -0.4 is 5.73 Å². The van der Waals surface area contributed by atoms with Gasteiger partial charge in [-0.2, -0.15) is 0 Å². The lowest BCUT2D eigenvalue weighted by Gasteiger charge is -2.14. The second-order valence-electron chi connectivity index (χ2n) is 3.57. The maximum atomic E-state index is 9.81. The third-order valence-electron chi connectivity index (χ3n) is 2.38. The van der Waals surface area contributed by atoms with Crippen molar-refractivity contribution in [1.29, 1.82) is 0 Å². The monoisotopic (exact) mass is 273 g/mol. The Bertz CT molecular complexity index is 342. The highest BCUT2D eigenvalue weighted by Crippen LogP contribution is 2.31. The van der Waals surface area contributed by atoms with E-state index in [0.717, 1.165) is 15.6 Å². The molecule has 4 heteroatoms. The molecular weight excluding hydrogens is 258 g/mol. The zero-order chi connectivity index (χ0) is 11.4. The van der Waals surface area contributed by atoms with Crippen molar-refractivity contribution in [3.63, 3.8) is 0 Å². The topological polar surface area (TPSA) is 55.5 Å². The highest BCUT2D eigenvalue weighted by Gasteiger charge is 2.12. The molecule has 1 aromatic carbocycles. The fourth-order valence-corrected chi connectivity index (χ4v) is 1.88. The van der Waals surface area contributed by atoms with Gasteiger partial charge in [0.1, 0.15) is 5.75 Å². The van der Waals surface area contributed by atoms with Gasteiger partial charge in [-0.15, -0.1) is 0 Å². The van der Waals surface area contributed by atoms with Gasteiger partial charge in [0, 0.05) is 11.6 Å². The van der Waals surface area contributed by atoms with Gasteiger partial charge in [0.25, 0.3) is 0 Å². The molecule has 0 saturated carbocycles. The number of hydrogen-bond acceptors (Lipinski definition) is 3. The number of benzene rings is 1. The first kappa shape index (κ1) is 12.5. The van der Waals surface area contributed by atoms with E-state index in [4.69, 9.17) is 10.5 Å². The lowest BCUT2D eigenvalue weighted by atomic mass is 9.99. The molecule has 0 amide bonds. The number of halogens is 1. The molecule has 1 atom stereocenters. The SMILES string of the molecule is COCc1cc(O)c(C(C)CN)cc1Br. The molecule has 1 unspecified atom stereocenters. The van der Waals surface area contributed by atoms with Crippen LogP contribution in [0.4, 0.5) is 0 Å². The zero-order valence-corrected chi connectivity index (χ0v) is 10.5. The summed E-state index contributed by atoms with van der Waals surface area (Å²) in [6.07, 6.45) is 0. The quantitative estimate of drug-likeness (QED) is 0.886. The second-order valence-corrected chi connectivity index (χ2v) is 4.43. The number of ether oxygens (including phenoxy) is 1. The van der Waals surface area contributed by atoms with Gasteiger partial charge in [-0.1, -0.05) is 22.9 Å². The Morgan fingerprint density at radius 2 is 2.20 bits per heavy atom. The van der Waals surface area contributed by atoms with E-state index in [1.807, 2.05) is 13.0 Å². The third-order valence-corrected chi connectivity index (χ3v) is 3.12. The molecule has 0 bridgehead atoms. The van der Waals surface area contributed by atoms with Crippen LogP contribution in [-0.2, 0) is 11.3 Å². The summed E-state index contributed by atoms with van der Waals surface area (Å²) >= 11 is 3.45. The molecule has 0 saturated heterocycles. The minimum absolute atomic E-state index is 0.151. The molecule has 1 aromatic rings. The average Bonchev–Trinajstić information content (AvgIpc) is 2.22. The predicted molar refractivity (Wildman–Crippen MR) is 64.0 cm³/mol. The Morgan fingerprint density at radius 3 is 2.73 bits per heavy atom. The van der Waals surface area contributed by atoms with Crippen molar-refractivity contribution in [2.45, 2.75) is 19.4 Å². The summed E-state index contributed by atoms with van der Waals surface area (Å²) in [4.78, 5) is 0. The van der Waals surface area contributed by atoms with E-state index in [0.29, 0.717) is 13.2 Å². The van der Waals surface area contributed by atoms with Gasteiger partial charge in [0.15, 0.2) is 0 Å². The van der Waals surface area contributed by atoms with Gasteiger partial charge in [0.2, 0.25) is 0 Å². The van der Waals surface area contributed by atoms with Gasteiger partial charge in [-0.05, 0) is 35.7 Å². The summed E-state index contributed by atoms with van der Waals surface area (Å²) in [5.41, 5.74) is 7.37. The summed E-state index contributed by atoms with van der Waals surface area (Å²) in [5, 5.41) is 9.81. The Balaban J connectivity index is 3.07.